The van der Waals surface area contributed by atoms with Crippen molar-refractivity contribution < 1.29 is 9.53 Å². The fourth-order valence-electron chi connectivity index (χ4n) is 2.21. The molecule has 1 N–H and O–H groups in total. The van der Waals surface area contributed by atoms with Gasteiger partial charge in [0.1, 0.15) is 5.60 Å². The smallest absolute Gasteiger partial charge is 0.407 e. The molecular weight excluding hydrogens is 264 g/mol. The first-order valence-electron chi connectivity index (χ1n) is 7.79. The summed E-state index contributed by atoms with van der Waals surface area (Å²) in [6.45, 7) is 7.77. The van der Waals surface area contributed by atoms with Gasteiger partial charge in [-0.25, -0.2) is 4.79 Å². The summed E-state index contributed by atoms with van der Waals surface area (Å²) in [7, 11) is 0. The molecule has 0 aliphatic rings. The molecule has 0 bridgehead atoms. The number of aryl methyl sites for hydroxylation is 1. The molecule has 118 valence electrons. The van der Waals surface area contributed by atoms with Crippen LogP contribution in [0.4, 0.5) is 4.79 Å². The van der Waals surface area contributed by atoms with Crippen molar-refractivity contribution in [1.29, 1.82) is 0 Å². The number of alkyl carbamates (subject to hydrolysis) is 1. The third kappa shape index (κ3) is 8.33. The molecule has 1 aromatic heterocycles. The fourth-order valence-corrected chi connectivity index (χ4v) is 2.21. The first-order valence-corrected chi connectivity index (χ1v) is 7.79. The normalized spacial score (nSPS) is 12.8. The van der Waals surface area contributed by atoms with E-state index >= 15 is 0 Å². The zero-order valence-corrected chi connectivity index (χ0v) is 13.7. The van der Waals surface area contributed by atoms with Gasteiger partial charge in [-0.15, -0.1) is 0 Å². The second kappa shape index (κ2) is 8.65. The van der Waals surface area contributed by atoms with Crippen LogP contribution in [-0.2, 0) is 11.2 Å². The second-order valence-electron chi connectivity index (χ2n) is 6.39. The van der Waals surface area contributed by atoms with Crippen molar-refractivity contribution in [2.75, 3.05) is 0 Å². The predicted molar refractivity (Wildman–Crippen MR) is 85.2 cm³/mol. The molecule has 0 aliphatic heterocycles. The van der Waals surface area contributed by atoms with Crippen LogP contribution in [0.1, 0.15) is 58.9 Å². The van der Waals surface area contributed by atoms with Crippen molar-refractivity contribution in [1.82, 2.24) is 10.3 Å². The van der Waals surface area contributed by atoms with Crippen LogP contribution < -0.4 is 5.32 Å². The average Bonchev–Trinajstić information content (AvgIpc) is 2.38. The monoisotopic (exact) mass is 292 g/mol. The minimum Gasteiger partial charge on any atom is -0.444 e. The van der Waals surface area contributed by atoms with Crippen LogP contribution in [-0.4, -0.2) is 22.7 Å². The van der Waals surface area contributed by atoms with E-state index < -0.39 is 5.60 Å². The van der Waals surface area contributed by atoms with Crippen molar-refractivity contribution in [3.8, 4) is 0 Å². The van der Waals surface area contributed by atoms with Gasteiger partial charge in [-0.1, -0.05) is 19.4 Å². The molecule has 1 aromatic rings. The summed E-state index contributed by atoms with van der Waals surface area (Å²) < 4.78 is 5.32. The molecule has 0 saturated carbocycles. The zero-order chi connectivity index (χ0) is 15.7. The van der Waals surface area contributed by atoms with Crippen molar-refractivity contribution in [3.05, 3.63) is 30.1 Å². The number of hydrogen-bond donors (Lipinski definition) is 1. The molecule has 0 saturated heterocycles. The minimum absolute atomic E-state index is 0.182. The maximum absolute atomic E-state index is 11.8. The number of amides is 1. The van der Waals surface area contributed by atoms with Gasteiger partial charge in [-0.2, -0.15) is 0 Å². The maximum atomic E-state index is 11.8. The molecule has 4 heteroatoms. The molecule has 4 nitrogen and oxygen atoms in total. The molecule has 0 spiro atoms. The summed E-state index contributed by atoms with van der Waals surface area (Å²) in [5.41, 5.74) is 0.793. The van der Waals surface area contributed by atoms with Crippen LogP contribution in [0.15, 0.2) is 24.5 Å². The van der Waals surface area contributed by atoms with Gasteiger partial charge in [0, 0.05) is 18.4 Å². The van der Waals surface area contributed by atoms with E-state index in [0.717, 1.165) is 32.1 Å². The Morgan fingerprint density at radius 3 is 2.71 bits per heavy atom. The third-order valence-corrected chi connectivity index (χ3v) is 3.10. The van der Waals surface area contributed by atoms with Gasteiger partial charge < -0.3 is 10.1 Å². The number of nitrogens with one attached hydrogen (secondary N) is 1. The van der Waals surface area contributed by atoms with Crippen molar-refractivity contribution in [2.45, 2.75) is 71.4 Å². The molecule has 0 aliphatic carbocycles. The Morgan fingerprint density at radius 2 is 2.14 bits per heavy atom. The Bertz CT molecular complexity index is 413. The van der Waals surface area contributed by atoms with E-state index in [1.807, 2.05) is 33.0 Å². The molecule has 21 heavy (non-hydrogen) atoms. The molecule has 1 rings (SSSR count). The highest BCUT2D eigenvalue weighted by Crippen LogP contribution is 2.11. The number of carbonyl (C=O) groups is 1. The lowest BCUT2D eigenvalue weighted by Gasteiger charge is -2.23. The Kier molecular flexibility index (Phi) is 7.20. The Labute approximate surface area is 128 Å². The minimum atomic E-state index is -0.448. The van der Waals surface area contributed by atoms with Crippen LogP contribution in [0.3, 0.4) is 0 Å². The molecule has 1 unspecified atom stereocenters. The quantitative estimate of drug-likeness (QED) is 0.823. The van der Waals surface area contributed by atoms with E-state index in [4.69, 9.17) is 4.74 Å². The van der Waals surface area contributed by atoms with Crippen LogP contribution in [0, 0.1) is 0 Å². The molecule has 1 atom stereocenters. The van der Waals surface area contributed by atoms with Gasteiger partial charge in [0.05, 0.1) is 0 Å². The number of rotatable bonds is 7. The lowest BCUT2D eigenvalue weighted by Crippen LogP contribution is -2.39. The molecule has 0 radical (unpaired) electrons. The highest BCUT2D eigenvalue weighted by molar-refractivity contribution is 5.68. The summed E-state index contributed by atoms with van der Waals surface area (Å²) >= 11 is 0. The van der Waals surface area contributed by atoms with Crippen LogP contribution in [0.25, 0.3) is 0 Å². The van der Waals surface area contributed by atoms with Gasteiger partial charge in [-0.3, -0.25) is 4.98 Å². The van der Waals surface area contributed by atoms with E-state index in [1.165, 1.54) is 5.56 Å². The molecule has 0 fully saturated rings. The number of pyridine rings is 1. The Morgan fingerprint density at radius 1 is 1.38 bits per heavy atom. The highest BCUT2D eigenvalue weighted by atomic mass is 16.6. The Hall–Kier alpha value is -1.58. The lowest BCUT2D eigenvalue weighted by atomic mass is 10.0. The topological polar surface area (TPSA) is 51.2 Å². The van der Waals surface area contributed by atoms with Gasteiger partial charge in [-0.05, 0) is 58.1 Å². The van der Waals surface area contributed by atoms with Crippen molar-refractivity contribution in [3.63, 3.8) is 0 Å². The maximum Gasteiger partial charge on any atom is 0.407 e. The summed E-state index contributed by atoms with van der Waals surface area (Å²) in [6.07, 6.45) is 8.38. The number of aromatic nitrogens is 1. The number of hydrogen-bond acceptors (Lipinski definition) is 3. The molecule has 1 amide bonds. The predicted octanol–water partition coefficient (Wildman–Crippen LogP) is 4.10. The van der Waals surface area contributed by atoms with Gasteiger partial charge >= 0.3 is 6.09 Å². The molecule has 0 aromatic carbocycles. The van der Waals surface area contributed by atoms with E-state index in [2.05, 4.69) is 23.3 Å². The number of nitrogens with zero attached hydrogens (tertiary/aromatic N) is 1. The van der Waals surface area contributed by atoms with Gasteiger partial charge in [0.2, 0.25) is 0 Å². The lowest BCUT2D eigenvalue weighted by molar-refractivity contribution is 0.0498. The largest absolute Gasteiger partial charge is 0.444 e. The number of ether oxygens (including phenoxy) is 1. The standard InChI is InChI=1S/C17H28N2O2/c1-5-8-15(19-16(20)21-17(2,3)4)11-6-9-14-10-7-12-18-13-14/h7,10,12-13,15H,5-6,8-9,11H2,1-4H3,(H,19,20). The van der Waals surface area contributed by atoms with E-state index in [9.17, 15) is 4.79 Å². The van der Waals surface area contributed by atoms with Crippen molar-refractivity contribution in [2.24, 2.45) is 0 Å². The molecule has 1 heterocycles. The second-order valence-corrected chi connectivity index (χ2v) is 6.39. The third-order valence-electron chi connectivity index (χ3n) is 3.10. The molecular formula is C17H28N2O2. The average molecular weight is 292 g/mol. The van der Waals surface area contributed by atoms with E-state index in [1.54, 1.807) is 6.20 Å². The summed E-state index contributed by atoms with van der Waals surface area (Å²) in [5.74, 6) is 0. The van der Waals surface area contributed by atoms with Gasteiger partial charge in [0.25, 0.3) is 0 Å². The summed E-state index contributed by atoms with van der Waals surface area (Å²) in [5, 5.41) is 2.98. The fraction of sp³-hybridized carbons (Fsp3) is 0.647. The Balaban J connectivity index is 2.37. The first kappa shape index (κ1) is 17.5. The van der Waals surface area contributed by atoms with E-state index in [0.29, 0.717) is 0 Å². The van der Waals surface area contributed by atoms with Crippen molar-refractivity contribution >= 4 is 6.09 Å². The SMILES string of the molecule is CCCC(CCCc1cccnc1)NC(=O)OC(C)(C)C. The highest BCUT2D eigenvalue weighted by Gasteiger charge is 2.18. The van der Waals surface area contributed by atoms with E-state index in [-0.39, 0.29) is 12.1 Å². The summed E-state index contributed by atoms with van der Waals surface area (Å²) in [6, 6.07) is 4.22. The first-order chi connectivity index (χ1) is 9.90. The van der Waals surface area contributed by atoms with Crippen LogP contribution in [0.2, 0.25) is 0 Å². The number of carbonyl (C=O) groups excluding carboxylic acids is 1. The van der Waals surface area contributed by atoms with Crippen LogP contribution >= 0.6 is 0 Å². The summed E-state index contributed by atoms with van der Waals surface area (Å²) in [4.78, 5) is 16.0. The zero-order valence-electron chi connectivity index (χ0n) is 13.7. The van der Waals surface area contributed by atoms with Gasteiger partial charge in [0.15, 0.2) is 0 Å². The van der Waals surface area contributed by atoms with Crippen LogP contribution in [0.5, 0.6) is 0 Å².